The normalized spacial score (nSPS) is 23.4. The maximum atomic E-state index is 5.91. The summed E-state index contributed by atoms with van der Waals surface area (Å²) >= 11 is 5.91. The van der Waals surface area contributed by atoms with Crippen molar-refractivity contribution in [2.45, 2.75) is 32.6 Å². The molecule has 0 bridgehead atoms. The topological polar surface area (TPSA) is 24.4 Å². The second-order valence-electron chi connectivity index (χ2n) is 4.37. The summed E-state index contributed by atoms with van der Waals surface area (Å²) in [5, 5.41) is 5.22. The highest BCUT2D eigenvalue weighted by Gasteiger charge is 2.15. The van der Waals surface area contributed by atoms with Crippen molar-refractivity contribution in [3.05, 3.63) is 29.3 Å². The first kappa shape index (κ1) is 11.5. The largest absolute Gasteiger partial charge is 0.279 e. The molecule has 0 aromatic heterocycles. The minimum Gasteiger partial charge on any atom is -0.279 e. The summed E-state index contributed by atoms with van der Waals surface area (Å²) in [5.41, 5.74) is 5.33. The zero-order valence-electron chi connectivity index (χ0n) is 9.54. The standard InChI is InChI=1S/C13H17ClN2/c1-10-5-2-3-8-13(10)16-15-12-7-4-6-11(14)9-12/h4,6-7,9-10,15H,2-3,5,8H2,1H3/b16-13-/t10-/m0/s1. The summed E-state index contributed by atoms with van der Waals surface area (Å²) in [6.07, 6.45) is 4.97. The summed E-state index contributed by atoms with van der Waals surface area (Å²) in [4.78, 5) is 0. The molecule has 0 aliphatic heterocycles. The Bertz CT molecular complexity index is 387. The number of hydrogen-bond acceptors (Lipinski definition) is 2. The maximum Gasteiger partial charge on any atom is 0.0576 e. The van der Waals surface area contributed by atoms with Crippen LogP contribution in [0.4, 0.5) is 5.69 Å². The molecular formula is C13H17ClN2. The molecule has 16 heavy (non-hydrogen) atoms. The van der Waals surface area contributed by atoms with Crippen LogP contribution in [-0.4, -0.2) is 5.71 Å². The first-order chi connectivity index (χ1) is 7.75. The number of benzene rings is 1. The highest BCUT2D eigenvalue weighted by Crippen LogP contribution is 2.22. The van der Waals surface area contributed by atoms with Gasteiger partial charge in [0.15, 0.2) is 0 Å². The van der Waals surface area contributed by atoms with Crippen molar-refractivity contribution >= 4 is 23.0 Å². The molecule has 0 spiro atoms. The number of nitrogens with zero attached hydrogens (tertiary/aromatic N) is 1. The Labute approximate surface area is 102 Å². The van der Waals surface area contributed by atoms with E-state index < -0.39 is 0 Å². The fraction of sp³-hybridized carbons (Fsp3) is 0.462. The smallest absolute Gasteiger partial charge is 0.0576 e. The highest BCUT2D eigenvalue weighted by molar-refractivity contribution is 6.30. The van der Waals surface area contributed by atoms with Gasteiger partial charge in [0.1, 0.15) is 0 Å². The predicted molar refractivity (Wildman–Crippen MR) is 70.1 cm³/mol. The van der Waals surface area contributed by atoms with E-state index in [9.17, 15) is 0 Å². The van der Waals surface area contributed by atoms with Crippen molar-refractivity contribution in [3.8, 4) is 0 Å². The average molecular weight is 237 g/mol. The zero-order valence-corrected chi connectivity index (χ0v) is 10.3. The lowest BCUT2D eigenvalue weighted by atomic mass is 9.89. The van der Waals surface area contributed by atoms with Crippen molar-refractivity contribution < 1.29 is 0 Å². The molecule has 1 aliphatic rings. The number of hydrogen-bond donors (Lipinski definition) is 1. The monoisotopic (exact) mass is 236 g/mol. The molecule has 0 amide bonds. The van der Waals surface area contributed by atoms with Gasteiger partial charge in [-0.2, -0.15) is 5.10 Å². The molecule has 0 saturated heterocycles. The lowest BCUT2D eigenvalue weighted by Crippen LogP contribution is -2.17. The molecule has 0 heterocycles. The molecule has 3 heteroatoms. The average Bonchev–Trinajstić information content (AvgIpc) is 2.28. The van der Waals surface area contributed by atoms with Crippen LogP contribution in [0.15, 0.2) is 29.4 Å². The highest BCUT2D eigenvalue weighted by atomic mass is 35.5. The van der Waals surface area contributed by atoms with Gasteiger partial charge < -0.3 is 0 Å². The van der Waals surface area contributed by atoms with Crippen molar-refractivity contribution in [3.63, 3.8) is 0 Å². The van der Waals surface area contributed by atoms with Gasteiger partial charge in [-0.1, -0.05) is 31.0 Å². The van der Waals surface area contributed by atoms with Crippen LogP contribution in [0.1, 0.15) is 32.6 Å². The number of hydrazone groups is 1. The quantitative estimate of drug-likeness (QED) is 0.760. The Morgan fingerprint density at radius 3 is 3.00 bits per heavy atom. The third-order valence-electron chi connectivity index (χ3n) is 3.04. The van der Waals surface area contributed by atoms with E-state index in [1.807, 2.05) is 24.3 Å². The fourth-order valence-corrected chi connectivity index (χ4v) is 2.22. The van der Waals surface area contributed by atoms with Crippen molar-refractivity contribution in [1.29, 1.82) is 0 Å². The third-order valence-corrected chi connectivity index (χ3v) is 3.28. The van der Waals surface area contributed by atoms with E-state index in [2.05, 4.69) is 17.5 Å². The minimum atomic E-state index is 0.612. The van der Waals surface area contributed by atoms with Crippen LogP contribution in [0.25, 0.3) is 0 Å². The Kier molecular flexibility index (Phi) is 3.83. The number of anilines is 1. The predicted octanol–water partition coefficient (Wildman–Crippen LogP) is 4.32. The molecule has 1 saturated carbocycles. The van der Waals surface area contributed by atoms with Crippen LogP contribution >= 0.6 is 11.6 Å². The van der Waals surface area contributed by atoms with Crippen LogP contribution in [-0.2, 0) is 0 Å². The van der Waals surface area contributed by atoms with Crippen LogP contribution < -0.4 is 5.43 Å². The van der Waals surface area contributed by atoms with Gasteiger partial charge in [0.25, 0.3) is 0 Å². The Hall–Kier alpha value is -1.02. The molecule has 1 aromatic carbocycles. The number of halogens is 1. The SMILES string of the molecule is C[C@H]1CCCC/C1=N/Nc1cccc(Cl)c1. The van der Waals surface area contributed by atoms with Crippen LogP contribution in [0.2, 0.25) is 5.02 Å². The molecule has 86 valence electrons. The molecule has 1 aromatic rings. The van der Waals surface area contributed by atoms with Gasteiger partial charge >= 0.3 is 0 Å². The molecule has 1 atom stereocenters. The van der Waals surface area contributed by atoms with Crippen molar-refractivity contribution in [1.82, 2.24) is 0 Å². The lowest BCUT2D eigenvalue weighted by molar-refractivity contribution is 0.558. The van der Waals surface area contributed by atoms with E-state index in [0.29, 0.717) is 5.92 Å². The molecule has 0 radical (unpaired) electrons. The lowest BCUT2D eigenvalue weighted by Gasteiger charge is -2.20. The van der Waals surface area contributed by atoms with E-state index >= 15 is 0 Å². The fourth-order valence-electron chi connectivity index (χ4n) is 2.03. The Balaban J connectivity index is 2.02. The van der Waals surface area contributed by atoms with E-state index in [1.54, 1.807) is 0 Å². The van der Waals surface area contributed by atoms with Gasteiger partial charge in [0.05, 0.1) is 5.69 Å². The molecule has 2 nitrogen and oxygen atoms in total. The summed E-state index contributed by atoms with van der Waals surface area (Å²) in [7, 11) is 0. The summed E-state index contributed by atoms with van der Waals surface area (Å²) in [6.45, 7) is 2.25. The second-order valence-corrected chi connectivity index (χ2v) is 4.81. The van der Waals surface area contributed by atoms with Gasteiger partial charge in [-0.15, -0.1) is 0 Å². The summed E-state index contributed by atoms with van der Waals surface area (Å²) in [5.74, 6) is 0.612. The van der Waals surface area contributed by atoms with Crippen LogP contribution in [0.3, 0.4) is 0 Å². The number of rotatable bonds is 2. The Morgan fingerprint density at radius 2 is 2.25 bits per heavy atom. The van der Waals surface area contributed by atoms with E-state index in [-0.39, 0.29) is 0 Å². The van der Waals surface area contributed by atoms with Crippen molar-refractivity contribution in [2.24, 2.45) is 11.0 Å². The summed E-state index contributed by atoms with van der Waals surface area (Å²) in [6, 6.07) is 7.65. The number of nitrogens with one attached hydrogen (secondary N) is 1. The first-order valence-electron chi connectivity index (χ1n) is 5.84. The molecule has 1 aliphatic carbocycles. The van der Waals surface area contributed by atoms with Gasteiger partial charge in [0, 0.05) is 10.7 Å². The van der Waals surface area contributed by atoms with E-state index in [4.69, 9.17) is 11.6 Å². The van der Waals surface area contributed by atoms with E-state index in [0.717, 1.165) is 17.1 Å². The van der Waals surface area contributed by atoms with Crippen LogP contribution in [0, 0.1) is 5.92 Å². The first-order valence-corrected chi connectivity index (χ1v) is 6.21. The van der Waals surface area contributed by atoms with Crippen molar-refractivity contribution in [2.75, 3.05) is 5.43 Å². The van der Waals surface area contributed by atoms with Crippen LogP contribution in [0.5, 0.6) is 0 Å². The zero-order chi connectivity index (χ0) is 11.4. The minimum absolute atomic E-state index is 0.612. The molecule has 0 unspecified atom stereocenters. The van der Waals surface area contributed by atoms with Gasteiger partial charge in [-0.25, -0.2) is 0 Å². The molecule has 1 fully saturated rings. The molecule has 1 N–H and O–H groups in total. The van der Waals surface area contributed by atoms with E-state index in [1.165, 1.54) is 25.0 Å². The second kappa shape index (κ2) is 5.35. The molecular weight excluding hydrogens is 220 g/mol. The van der Waals surface area contributed by atoms with Gasteiger partial charge in [-0.05, 0) is 43.4 Å². The summed E-state index contributed by atoms with van der Waals surface area (Å²) < 4.78 is 0. The van der Waals surface area contributed by atoms with Gasteiger partial charge in [-0.3, -0.25) is 5.43 Å². The maximum absolute atomic E-state index is 5.91. The third kappa shape index (κ3) is 2.99. The van der Waals surface area contributed by atoms with Gasteiger partial charge in [0.2, 0.25) is 0 Å². The Morgan fingerprint density at radius 1 is 1.38 bits per heavy atom. The molecule has 2 rings (SSSR count).